The second kappa shape index (κ2) is 7.16. The van der Waals surface area contributed by atoms with Crippen LogP contribution in [0.2, 0.25) is 0 Å². The van der Waals surface area contributed by atoms with E-state index in [0.717, 1.165) is 33.7 Å². The molecule has 0 aliphatic carbocycles. The zero-order valence-electron chi connectivity index (χ0n) is 15.4. The van der Waals surface area contributed by atoms with Gasteiger partial charge in [0.2, 0.25) is 0 Å². The number of benzene rings is 1. The smallest absolute Gasteiger partial charge is 0.145 e. The van der Waals surface area contributed by atoms with Gasteiger partial charge in [-0.15, -0.1) is 0 Å². The van der Waals surface area contributed by atoms with Crippen LogP contribution in [-0.4, -0.2) is 20.1 Å². The van der Waals surface area contributed by atoms with Crippen LogP contribution >= 0.6 is 0 Å². The van der Waals surface area contributed by atoms with Gasteiger partial charge in [0.25, 0.3) is 0 Å². The summed E-state index contributed by atoms with van der Waals surface area (Å²) in [6, 6.07) is 19.8. The molecule has 134 valence electrons. The van der Waals surface area contributed by atoms with Gasteiger partial charge in [-0.2, -0.15) is 0 Å². The maximum absolute atomic E-state index is 11.0. The molecule has 0 spiro atoms. The largest absolute Gasteiger partial charge is 0.505 e. The third-order valence-electron chi connectivity index (χ3n) is 4.79. The fourth-order valence-corrected chi connectivity index (χ4v) is 3.45. The molecule has 1 atom stereocenters. The van der Waals surface area contributed by atoms with Gasteiger partial charge in [-0.05, 0) is 44.2 Å². The van der Waals surface area contributed by atoms with Crippen LogP contribution in [0.5, 0.6) is 5.75 Å². The molecular formula is C23H21N3O. The Bertz CT molecular complexity index is 1090. The van der Waals surface area contributed by atoms with Crippen molar-refractivity contribution in [3.05, 3.63) is 95.2 Å². The van der Waals surface area contributed by atoms with E-state index in [1.54, 1.807) is 6.20 Å². The minimum Gasteiger partial charge on any atom is -0.505 e. The second-order valence-corrected chi connectivity index (χ2v) is 6.81. The summed E-state index contributed by atoms with van der Waals surface area (Å²) in [6.45, 7) is 3.91. The van der Waals surface area contributed by atoms with E-state index >= 15 is 0 Å². The summed E-state index contributed by atoms with van der Waals surface area (Å²) in [5.74, 6) is 0.117. The number of aromatic nitrogens is 3. The summed E-state index contributed by atoms with van der Waals surface area (Å²) < 4.78 is 0. The first-order valence-electron chi connectivity index (χ1n) is 9.04. The number of phenols is 1. The molecule has 4 rings (SSSR count). The van der Waals surface area contributed by atoms with Gasteiger partial charge in [0, 0.05) is 52.3 Å². The fourth-order valence-electron chi connectivity index (χ4n) is 3.45. The number of hydrogen-bond acceptors (Lipinski definition) is 4. The summed E-state index contributed by atoms with van der Waals surface area (Å²) >= 11 is 0. The first-order chi connectivity index (χ1) is 13.1. The fraction of sp³-hybridized carbons (Fsp3) is 0.174. The molecule has 0 amide bonds. The van der Waals surface area contributed by atoms with Crippen LogP contribution in [0.3, 0.4) is 0 Å². The number of pyridine rings is 3. The molecule has 3 heterocycles. The van der Waals surface area contributed by atoms with E-state index < -0.39 is 0 Å². The Kier molecular flexibility index (Phi) is 4.55. The van der Waals surface area contributed by atoms with E-state index in [-0.39, 0.29) is 11.7 Å². The van der Waals surface area contributed by atoms with Crippen LogP contribution in [0.15, 0.2) is 66.9 Å². The third-order valence-corrected chi connectivity index (χ3v) is 4.79. The van der Waals surface area contributed by atoms with E-state index in [4.69, 9.17) is 0 Å². The minimum absolute atomic E-state index is 0.104. The molecule has 0 aliphatic rings. The Morgan fingerprint density at radius 1 is 0.852 bits per heavy atom. The Labute approximate surface area is 158 Å². The molecule has 4 aromatic rings. The lowest BCUT2D eigenvalue weighted by atomic mass is 9.89. The van der Waals surface area contributed by atoms with E-state index in [2.05, 4.69) is 15.0 Å². The first-order valence-corrected chi connectivity index (χ1v) is 9.04. The highest BCUT2D eigenvalue weighted by atomic mass is 16.3. The molecule has 4 nitrogen and oxygen atoms in total. The van der Waals surface area contributed by atoms with Gasteiger partial charge in [0.05, 0.1) is 0 Å². The molecule has 1 unspecified atom stereocenters. The number of aromatic hydroxyl groups is 1. The number of nitrogens with zero attached hydrogens (tertiary/aromatic N) is 3. The SMILES string of the molecule is Cc1cccc(CC(c2ccccn2)c2ccc3ccc(C)nc3c2O)n1. The van der Waals surface area contributed by atoms with Gasteiger partial charge in [-0.25, -0.2) is 4.98 Å². The lowest BCUT2D eigenvalue weighted by Gasteiger charge is -2.19. The molecule has 0 aliphatic heterocycles. The molecule has 0 radical (unpaired) electrons. The van der Waals surface area contributed by atoms with Crippen molar-refractivity contribution in [1.82, 2.24) is 15.0 Å². The van der Waals surface area contributed by atoms with Crippen LogP contribution in [0.4, 0.5) is 0 Å². The zero-order valence-corrected chi connectivity index (χ0v) is 15.4. The highest BCUT2D eigenvalue weighted by Gasteiger charge is 2.22. The van der Waals surface area contributed by atoms with Crippen LogP contribution in [0.25, 0.3) is 10.9 Å². The number of rotatable bonds is 4. The summed E-state index contributed by atoms with van der Waals surface area (Å²) in [4.78, 5) is 13.7. The molecule has 1 N–H and O–H groups in total. The summed E-state index contributed by atoms with van der Waals surface area (Å²) in [7, 11) is 0. The van der Waals surface area contributed by atoms with Gasteiger partial charge in [-0.1, -0.05) is 30.3 Å². The van der Waals surface area contributed by atoms with E-state index in [0.29, 0.717) is 11.9 Å². The molecule has 0 fully saturated rings. The summed E-state index contributed by atoms with van der Waals surface area (Å²) in [5.41, 5.74) is 5.19. The van der Waals surface area contributed by atoms with Gasteiger partial charge in [0.1, 0.15) is 11.3 Å². The average molecular weight is 355 g/mol. The molecule has 0 saturated heterocycles. The lowest BCUT2D eigenvalue weighted by Crippen LogP contribution is -2.09. The molecule has 3 aromatic heterocycles. The number of phenolic OH excluding ortho intramolecular Hbond substituents is 1. The van der Waals surface area contributed by atoms with Gasteiger partial charge >= 0.3 is 0 Å². The molecule has 0 bridgehead atoms. The second-order valence-electron chi connectivity index (χ2n) is 6.81. The quantitative estimate of drug-likeness (QED) is 0.575. The maximum Gasteiger partial charge on any atom is 0.145 e. The molecule has 4 heteroatoms. The van der Waals surface area contributed by atoms with Crippen molar-refractivity contribution >= 4 is 10.9 Å². The third kappa shape index (κ3) is 3.51. The first kappa shape index (κ1) is 17.2. The number of aryl methyl sites for hydroxylation is 2. The van der Waals surface area contributed by atoms with Crippen molar-refractivity contribution in [2.24, 2.45) is 0 Å². The Morgan fingerprint density at radius 3 is 2.44 bits per heavy atom. The van der Waals surface area contributed by atoms with Gasteiger partial charge < -0.3 is 5.11 Å². The van der Waals surface area contributed by atoms with Crippen molar-refractivity contribution in [3.8, 4) is 5.75 Å². The van der Waals surface area contributed by atoms with Crippen LogP contribution in [0.1, 0.15) is 34.3 Å². The Hall–Kier alpha value is -3.27. The van der Waals surface area contributed by atoms with Crippen molar-refractivity contribution in [2.45, 2.75) is 26.2 Å². The van der Waals surface area contributed by atoms with Crippen molar-refractivity contribution in [3.63, 3.8) is 0 Å². The van der Waals surface area contributed by atoms with E-state index in [1.165, 1.54) is 0 Å². The van der Waals surface area contributed by atoms with E-state index in [9.17, 15) is 5.11 Å². The van der Waals surface area contributed by atoms with Crippen molar-refractivity contribution < 1.29 is 5.11 Å². The van der Waals surface area contributed by atoms with Crippen LogP contribution in [0, 0.1) is 13.8 Å². The predicted octanol–water partition coefficient (Wildman–Crippen LogP) is 4.72. The zero-order chi connectivity index (χ0) is 18.8. The highest BCUT2D eigenvalue weighted by Crippen LogP contribution is 2.37. The summed E-state index contributed by atoms with van der Waals surface area (Å²) in [6.07, 6.45) is 2.44. The minimum atomic E-state index is -0.104. The van der Waals surface area contributed by atoms with Crippen molar-refractivity contribution in [1.29, 1.82) is 0 Å². The van der Waals surface area contributed by atoms with Crippen LogP contribution in [-0.2, 0) is 6.42 Å². The Balaban J connectivity index is 1.86. The molecule has 0 saturated carbocycles. The molecule has 27 heavy (non-hydrogen) atoms. The number of fused-ring (bicyclic) bond motifs is 1. The summed E-state index contributed by atoms with van der Waals surface area (Å²) in [5, 5.41) is 12.0. The predicted molar refractivity (Wildman–Crippen MR) is 107 cm³/mol. The van der Waals surface area contributed by atoms with Crippen LogP contribution < -0.4 is 0 Å². The molecular weight excluding hydrogens is 334 g/mol. The van der Waals surface area contributed by atoms with Gasteiger partial charge in [0.15, 0.2) is 0 Å². The Morgan fingerprint density at radius 2 is 1.67 bits per heavy atom. The highest BCUT2D eigenvalue weighted by molar-refractivity contribution is 5.86. The van der Waals surface area contributed by atoms with Gasteiger partial charge in [-0.3, -0.25) is 9.97 Å². The lowest BCUT2D eigenvalue weighted by molar-refractivity contribution is 0.468. The normalized spacial score (nSPS) is 12.2. The van der Waals surface area contributed by atoms with Crippen molar-refractivity contribution in [2.75, 3.05) is 0 Å². The number of hydrogen-bond donors (Lipinski definition) is 1. The monoisotopic (exact) mass is 355 g/mol. The van der Waals surface area contributed by atoms with E-state index in [1.807, 2.05) is 74.5 Å². The topological polar surface area (TPSA) is 58.9 Å². The average Bonchev–Trinajstić information content (AvgIpc) is 2.68. The molecule has 1 aromatic carbocycles. The standard InChI is InChI=1S/C23H21N3O/c1-15-6-5-7-18(25-15)14-20(21-8-3-4-13-24-21)19-12-11-17-10-9-16(2)26-22(17)23(19)27/h3-13,20,27H,14H2,1-2H3. The maximum atomic E-state index is 11.0.